The number of hydrogen-bond acceptors (Lipinski definition) is 6. The first-order valence-corrected chi connectivity index (χ1v) is 11.6. The van der Waals surface area contributed by atoms with E-state index in [-0.39, 0.29) is 10.9 Å². The van der Waals surface area contributed by atoms with Crippen LogP contribution in [0.3, 0.4) is 0 Å². The summed E-state index contributed by atoms with van der Waals surface area (Å²) in [7, 11) is -3.71. The quantitative estimate of drug-likeness (QED) is 0.362. The average molecular weight is 444 g/mol. The van der Waals surface area contributed by atoms with Gasteiger partial charge in [-0.2, -0.15) is 5.10 Å². The van der Waals surface area contributed by atoms with E-state index in [1.807, 2.05) is 16.8 Å². The molecule has 164 valence electrons. The molecular formula is C20H25N7O3S. The topological polar surface area (TPSA) is 140 Å². The maximum absolute atomic E-state index is 11.4. The van der Waals surface area contributed by atoms with Gasteiger partial charge in [0.1, 0.15) is 17.9 Å². The molecule has 1 aliphatic heterocycles. The number of guanidine groups is 1. The van der Waals surface area contributed by atoms with E-state index in [0.717, 1.165) is 43.0 Å². The highest BCUT2D eigenvalue weighted by Crippen LogP contribution is 2.12. The first-order valence-electron chi connectivity index (χ1n) is 10.0. The lowest BCUT2D eigenvalue weighted by Gasteiger charge is -2.25. The van der Waals surface area contributed by atoms with Crippen LogP contribution in [0.4, 0.5) is 0 Å². The Hall–Kier alpha value is -3.18. The van der Waals surface area contributed by atoms with E-state index in [9.17, 15) is 8.42 Å². The molecule has 4 rings (SSSR count). The van der Waals surface area contributed by atoms with Crippen molar-refractivity contribution in [1.82, 2.24) is 25.4 Å². The highest BCUT2D eigenvalue weighted by atomic mass is 32.2. The number of rotatable bonds is 7. The number of nitrogens with zero attached hydrogens (tertiary/aromatic N) is 4. The number of furan rings is 1. The van der Waals surface area contributed by atoms with Gasteiger partial charge < -0.3 is 15.1 Å². The molecule has 0 aliphatic carbocycles. The molecule has 0 saturated heterocycles. The fraction of sp³-hybridized carbons (Fsp3) is 0.350. The largest absolute Gasteiger partial charge is 0.469 e. The number of hydrogen-bond donors (Lipinski definition) is 3. The van der Waals surface area contributed by atoms with E-state index in [1.54, 1.807) is 24.7 Å². The van der Waals surface area contributed by atoms with E-state index in [0.29, 0.717) is 19.0 Å². The highest BCUT2D eigenvalue weighted by molar-refractivity contribution is 7.89. The van der Waals surface area contributed by atoms with Gasteiger partial charge in [0.05, 0.1) is 24.2 Å². The van der Waals surface area contributed by atoms with Crippen LogP contribution in [0.2, 0.25) is 0 Å². The number of primary sulfonamides is 1. The zero-order valence-electron chi connectivity index (χ0n) is 16.9. The van der Waals surface area contributed by atoms with Crippen LogP contribution in [-0.2, 0) is 36.0 Å². The van der Waals surface area contributed by atoms with Gasteiger partial charge >= 0.3 is 0 Å². The Morgan fingerprint density at radius 3 is 2.87 bits per heavy atom. The van der Waals surface area contributed by atoms with Gasteiger partial charge in [-0.15, -0.1) is 0 Å². The number of aromatic nitrogens is 3. The molecule has 0 radical (unpaired) electrons. The van der Waals surface area contributed by atoms with Gasteiger partial charge in [0.15, 0.2) is 5.96 Å². The van der Waals surface area contributed by atoms with Crippen molar-refractivity contribution in [3.63, 3.8) is 0 Å². The Labute approximate surface area is 180 Å². The summed E-state index contributed by atoms with van der Waals surface area (Å²) in [4.78, 5) is 9.03. The lowest BCUT2D eigenvalue weighted by molar-refractivity contribution is 0.392. The lowest BCUT2D eigenvalue weighted by Crippen LogP contribution is -2.47. The third-order valence-electron chi connectivity index (χ3n) is 5.06. The number of fused-ring (bicyclic) bond motifs is 1. The number of benzene rings is 1. The maximum atomic E-state index is 11.4. The molecule has 31 heavy (non-hydrogen) atoms. The SMILES string of the molecule is NS(=O)(=O)c1ccc(CN=C(NCCc2ccco2)NC2CCc3ncnn3C2)cc1. The average Bonchev–Trinajstić information content (AvgIpc) is 3.43. The summed E-state index contributed by atoms with van der Waals surface area (Å²) < 4.78 is 30.1. The van der Waals surface area contributed by atoms with Crippen LogP contribution in [-0.4, -0.2) is 41.7 Å². The number of nitrogens with two attached hydrogens (primary N) is 1. The minimum Gasteiger partial charge on any atom is -0.469 e. The number of nitrogens with one attached hydrogen (secondary N) is 2. The van der Waals surface area contributed by atoms with Crippen molar-refractivity contribution in [1.29, 1.82) is 0 Å². The summed E-state index contributed by atoms with van der Waals surface area (Å²) in [5.74, 6) is 2.57. The summed E-state index contributed by atoms with van der Waals surface area (Å²) in [5.41, 5.74) is 0.877. The minimum absolute atomic E-state index is 0.0843. The molecule has 4 N–H and O–H groups in total. The van der Waals surface area contributed by atoms with E-state index in [1.165, 1.54) is 12.1 Å². The molecule has 0 spiro atoms. The zero-order valence-corrected chi connectivity index (χ0v) is 17.8. The van der Waals surface area contributed by atoms with Crippen LogP contribution < -0.4 is 15.8 Å². The van der Waals surface area contributed by atoms with Gasteiger partial charge in [-0.05, 0) is 36.2 Å². The van der Waals surface area contributed by atoms with Crippen LogP contribution in [0, 0.1) is 0 Å². The molecule has 11 heteroatoms. The second-order valence-corrected chi connectivity index (χ2v) is 8.91. The van der Waals surface area contributed by atoms with Crippen molar-refractivity contribution in [2.45, 2.75) is 43.3 Å². The van der Waals surface area contributed by atoms with Crippen molar-refractivity contribution in [3.05, 3.63) is 66.1 Å². The second kappa shape index (κ2) is 9.31. The van der Waals surface area contributed by atoms with Crippen LogP contribution in [0.5, 0.6) is 0 Å². The van der Waals surface area contributed by atoms with Crippen molar-refractivity contribution < 1.29 is 12.8 Å². The predicted octanol–water partition coefficient (Wildman–Crippen LogP) is 0.811. The summed E-state index contributed by atoms with van der Waals surface area (Å²) in [5, 5.41) is 16.2. The van der Waals surface area contributed by atoms with Crippen LogP contribution in [0.1, 0.15) is 23.6 Å². The molecule has 2 aromatic heterocycles. The summed E-state index contributed by atoms with van der Waals surface area (Å²) in [6.45, 7) is 1.77. The molecular weight excluding hydrogens is 418 g/mol. The number of sulfonamides is 1. The molecule has 1 aromatic carbocycles. The molecule has 1 aliphatic rings. The predicted molar refractivity (Wildman–Crippen MR) is 115 cm³/mol. The number of aryl methyl sites for hydroxylation is 1. The Morgan fingerprint density at radius 2 is 2.13 bits per heavy atom. The molecule has 0 amide bonds. The van der Waals surface area contributed by atoms with Gasteiger partial charge in [-0.1, -0.05) is 12.1 Å². The monoisotopic (exact) mass is 443 g/mol. The summed E-state index contributed by atoms with van der Waals surface area (Å²) in [6.07, 6.45) is 5.76. The molecule has 1 atom stereocenters. The first-order chi connectivity index (χ1) is 15.0. The molecule has 10 nitrogen and oxygen atoms in total. The lowest BCUT2D eigenvalue weighted by atomic mass is 10.1. The van der Waals surface area contributed by atoms with Crippen molar-refractivity contribution in [3.8, 4) is 0 Å². The van der Waals surface area contributed by atoms with Crippen LogP contribution >= 0.6 is 0 Å². The molecule has 0 bridgehead atoms. The fourth-order valence-corrected chi connectivity index (χ4v) is 3.93. The smallest absolute Gasteiger partial charge is 0.238 e. The van der Waals surface area contributed by atoms with Crippen molar-refractivity contribution in [2.24, 2.45) is 10.1 Å². The third kappa shape index (κ3) is 5.70. The summed E-state index contributed by atoms with van der Waals surface area (Å²) >= 11 is 0. The fourth-order valence-electron chi connectivity index (χ4n) is 3.42. The van der Waals surface area contributed by atoms with Crippen LogP contribution in [0.25, 0.3) is 0 Å². The molecule has 0 saturated carbocycles. The molecule has 1 unspecified atom stereocenters. The summed E-state index contributed by atoms with van der Waals surface area (Å²) in [6, 6.07) is 10.4. The second-order valence-electron chi connectivity index (χ2n) is 7.35. The van der Waals surface area contributed by atoms with Crippen molar-refractivity contribution in [2.75, 3.05) is 6.54 Å². The Bertz CT molecular complexity index is 1120. The first kappa shape index (κ1) is 21.1. The van der Waals surface area contributed by atoms with E-state index in [4.69, 9.17) is 9.56 Å². The van der Waals surface area contributed by atoms with Gasteiger partial charge in [-0.3, -0.25) is 0 Å². The maximum Gasteiger partial charge on any atom is 0.238 e. The zero-order chi connectivity index (χ0) is 21.7. The van der Waals surface area contributed by atoms with Gasteiger partial charge in [0.25, 0.3) is 0 Å². The minimum atomic E-state index is -3.71. The Balaban J connectivity index is 1.42. The standard InChI is InChI=1S/C20H25N7O3S/c21-31(28,29)18-6-3-15(4-7-18)12-23-20(22-10-9-17-2-1-11-30-17)26-16-5-8-19-24-14-25-27(19)13-16/h1-4,6-7,11,14,16H,5,8-10,12-13H2,(H2,21,28,29)(H2,22,23,26). The third-order valence-corrected chi connectivity index (χ3v) is 5.99. The highest BCUT2D eigenvalue weighted by Gasteiger charge is 2.20. The van der Waals surface area contributed by atoms with Gasteiger partial charge in [0, 0.05) is 25.4 Å². The molecule has 3 aromatic rings. The Kier molecular flexibility index (Phi) is 6.33. The van der Waals surface area contributed by atoms with Gasteiger partial charge in [0.2, 0.25) is 10.0 Å². The van der Waals surface area contributed by atoms with Gasteiger partial charge in [-0.25, -0.2) is 28.2 Å². The van der Waals surface area contributed by atoms with Crippen molar-refractivity contribution >= 4 is 16.0 Å². The van der Waals surface area contributed by atoms with E-state index in [2.05, 4.69) is 25.7 Å². The van der Waals surface area contributed by atoms with E-state index >= 15 is 0 Å². The normalized spacial score (nSPS) is 16.7. The molecule has 3 heterocycles. The van der Waals surface area contributed by atoms with Crippen LogP contribution in [0.15, 0.2) is 63.3 Å². The Morgan fingerprint density at radius 1 is 1.29 bits per heavy atom. The molecule has 0 fully saturated rings. The number of aliphatic imine (C=N–C) groups is 1. The van der Waals surface area contributed by atoms with E-state index < -0.39 is 10.0 Å².